The van der Waals surface area contributed by atoms with Gasteiger partial charge in [0.1, 0.15) is 0 Å². The summed E-state index contributed by atoms with van der Waals surface area (Å²) in [5, 5.41) is 11.0. The van der Waals surface area contributed by atoms with Gasteiger partial charge in [0.25, 0.3) is 0 Å². The van der Waals surface area contributed by atoms with E-state index in [0.29, 0.717) is 5.02 Å². The van der Waals surface area contributed by atoms with Crippen molar-refractivity contribution in [2.45, 2.75) is 23.7 Å². The molecule has 1 unspecified atom stereocenters. The van der Waals surface area contributed by atoms with Crippen molar-refractivity contribution < 1.29 is 5.11 Å². The summed E-state index contributed by atoms with van der Waals surface area (Å²) in [6.45, 7) is 1.76. The summed E-state index contributed by atoms with van der Waals surface area (Å²) in [5.74, 6) is 0.753. The van der Waals surface area contributed by atoms with Gasteiger partial charge in [-0.15, -0.1) is 11.8 Å². The van der Waals surface area contributed by atoms with Gasteiger partial charge in [-0.25, -0.2) is 0 Å². The molecule has 1 atom stereocenters. The van der Waals surface area contributed by atoms with Gasteiger partial charge in [0.05, 0.1) is 6.10 Å². The summed E-state index contributed by atoms with van der Waals surface area (Å²) in [6, 6.07) is 13.4. The molecule has 0 heterocycles. The van der Waals surface area contributed by atoms with Gasteiger partial charge in [-0.05, 0) is 48.4 Å². The first-order valence-electron chi connectivity index (χ1n) is 5.91. The van der Waals surface area contributed by atoms with Crippen LogP contribution in [0.15, 0.2) is 47.4 Å². The molecule has 0 radical (unpaired) electrons. The minimum atomic E-state index is -0.449. The van der Waals surface area contributed by atoms with Gasteiger partial charge < -0.3 is 5.11 Å². The number of hydrogen-bond donors (Lipinski definition) is 1. The van der Waals surface area contributed by atoms with E-state index in [-0.39, 0.29) is 0 Å². The van der Waals surface area contributed by atoms with Crippen molar-refractivity contribution in [3.63, 3.8) is 0 Å². The van der Waals surface area contributed by atoms with Gasteiger partial charge in [-0.1, -0.05) is 35.3 Å². The average Bonchev–Trinajstić information content (AvgIpc) is 2.40. The lowest BCUT2D eigenvalue weighted by Crippen LogP contribution is -1.90. The van der Waals surface area contributed by atoms with Crippen molar-refractivity contribution >= 4 is 35.0 Å². The Morgan fingerprint density at radius 3 is 2.68 bits per heavy atom. The van der Waals surface area contributed by atoms with Crippen molar-refractivity contribution in [2.24, 2.45) is 0 Å². The molecule has 2 rings (SSSR count). The topological polar surface area (TPSA) is 20.2 Å². The molecule has 0 saturated carbocycles. The van der Waals surface area contributed by atoms with Gasteiger partial charge >= 0.3 is 0 Å². The average molecular weight is 313 g/mol. The molecule has 100 valence electrons. The van der Waals surface area contributed by atoms with E-state index in [1.165, 1.54) is 0 Å². The molecule has 0 aromatic heterocycles. The maximum atomic E-state index is 9.57. The molecule has 1 nitrogen and oxygen atoms in total. The first-order valence-corrected chi connectivity index (χ1v) is 7.65. The highest BCUT2D eigenvalue weighted by Crippen LogP contribution is 2.29. The van der Waals surface area contributed by atoms with Crippen LogP contribution in [-0.2, 0) is 5.75 Å². The normalized spacial score (nSPS) is 12.4. The summed E-state index contributed by atoms with van der Waals surface area (Å²) >= 11 is 13.8. The third-order valence-corrected chi connectivity index (χ3v) is 4.39. The van der Waals surface area contributed by atoms with E-state index < -0.39 is 6.10 Å². The lowest BCUT2D eigenvalue weighted by Gasteiger charge is -2.08. The number of rotatable bonds is 4. The van der Waals surface area contributed by atoms with Gasteiger partial charge in [0.2, 0.25) is 0 Å². The van der Waals surface area contributed by atoms with Crippen LogP contribution in [0.4, 0.5) is 0 Å². The Kier molecular flexibility index (Phi) is 5.17. The second-order valence-electron chi connectivity index (χ2n) is 4.27. The first kappa shape index (κ1) is 14.7. The van der Waals surface area contributed by atoms with Crippen LogP contribution in [0.3, 0.4) is 0 Å². The number of halogens is 2. The number of benzene rings is 2. The molecule has 0 aliphatic heterocycles. The van der Waals surface area contributed by atoms with Crippen LogP contribution in [0.5, 0.6) is 0 Å². The van der Waals surface area contributed by atoms with Crippen molar-refractivity contribution in [3.8, 4) is 0 Å². The lowest BCUT2D eigenvalue weighted by molar-refractivity contribution is 0.199. The van der Waals surface area contributed by atoms with Crippen LogP contribution in [0.2, 0.25) is 10.0 Å². The van der Waals surface area contributed by atoms with E-state index in [1.807, 2.05) is 36.4 Å². The van der Waals surface area contributed by atoms with Crippen molar-refractivity contribution in [3.05, 3.63) is 63.6 Å². The zero-order valence-electron chi connectivity index (χ0n) is 10.4. The van der Waals surface area contributed by atoms with Crippen molar-refractivity contribution in [1.82, 2.24) is 0 Å². The standard InChI is InChI=1S/C15H14Cl2OS/c1-10(18)11-3-2-4-14(8-11)19-9-12-7-13(16)5-6-15(12)17/h2-8,10,18H,9H2,1H3. The van der Waals surface area contributed by atoms with Crippen molar-refractivity contribution in [1.29, 1.82) is 0 Å². The summed E-state index contributed by atoms with van der Waals surface area (Å²) in [4.78, 5) is 1.11. The molecule has 1 N–H and O–H groups in total. The third kappa shape index (κ3) is 4.15. The second-order valence-corrected chi connectivity index (χ2v) is 6.17. The minimum Gasteiger partial charge on any atom is -0.389 e. The maximum Gasteiger partial charge on any atom is 0.0762 e. The monoisotopic (exact) mass is 312 g/mol. The fourth-order valence-corrected chi connectivity index (χ4v) is 3.09. The molecule has 4 heteroatoms. The summed E-state index contributed by atoms with van der Waals surface area (Å²) in [6.07, 6.45) is -0.449. The summed E-state index contributed by atoms with van der Waals surface area (Å²) < 4.78 is 0. The largest absolute Gasteiger partial charge is 0.389 e. The number of aliphatic hydroxyl groups is 1. The van der Waals surface area contributed by atoms with E-state index in [2.05, 4.69) is 0 Å². The molecule has 2 aromatic carbocycles. The number of aliphatic hydroxyl groups excluding tert-OH is 1. The van der Waals surface area contributed by atoms with Crippen LogP contribution in [0.25, 0.3) is 0 Å². The minimum absolute atomic E-state index is 0.449. The Hall–Kier alpha value is -0.670. The Balaban J connectivity index is 2.10. The Morgan fingerprint density at radius 2 is 1.95 bits per heavy atom. The number of hydrogen-bond acceptors (Lipinski definition) is 2. The highest BCUT2D eigenvalue weighted by atomic mass is 35.5. The fraction of sp³-hybridized carbons (Fsp3) is 0.200. The van der Waals surface area contributed by atoms with Crippen LogP contribution >= 0.6 is 35.0 Å². The lowest BCUT2D eigenvalue weighted by atomic mass is 10.1. The second kappa shape index (κ2) is 6.67. The van der Waals surface area contributed by atoms with E-state index in [9.17, 15) is 5.11 Å². The SMILES string of the molecule is CC(O)c1cccc(SCc2cc(Cl)ccc2Cl)c1. The van der Waals surface area contributed by atoms with Crippen LogP contribution < -0.4 is 0 Å². The predicted octanol–water partition coefficient (Wildman–Crippen LogP) is 5.34. The molecule has 0 amide bonds. The molecular formula is C15H14Cl2OS. The molecular weight excluding hydrogens is 299 g/mol. The van der Waals surface area contributed by atoms with Crippen molar-refractivity contribution in [2.75, 3.05) is 0 Å². The van der Waals surface area contributed by atoms with E-state index in [4.69, 9.17) is 23.2 Å². The molecule has 2 aromatic rings. The van der Waals surface area contributed by atoms with Crippen LogP contribution in [-0.4, -0.2) is 5.11 Å². The maximum absolute atomic E-state index is 9.57. The smallest absolute Gasteiger partial charge is 0.0762 e. The first-order chi connectivity index (χ1) is 9.06. The van der Waals surface area contributed by atoms with Gasteiger partial charge in [0.15, 0.2) is 0 Å². The number of thioether (sulfide) groups is 1. The van der Waals surface area contributed by atoms with E-state index >= 15 is 0 Å². The van der Waals surface area contributed by atoms with E-state index in [0.717, 1.165) is 26.8 Å². The van der Waals surface area contributed by atoms with Crippen LogP contribution in [0.1, 0.15) is 24.2 Å². The predicted molar refractivity (Wildman–Crippen MR) is 83.1 cm³/mol. The van der Waals surface area contributed by atoms with Gasteiger partial charge in [-0.2, -0.15) is 0 Å². The molecule has 0 aliphatic rings. The summed E-state index contributed by atoms with van der Waals surface area (Å²) in [5.41, 5.74) is 1.93. The molecule has 0 saturated heterocycles. The Labute approximate surface area is 127 Å². The Bertz CT molecular complexity index is 570. The molecule has 0 bridgehead atoms. The van der Waals surface area contributed by atoms with Gasteiger partial charge in [0, 0.05) is 20.7 Å². The van der Waals surface area contributed by atoms with Gasteiger partial charge in [-0.3, -0.25) is 0 Å². The molecule has 0 fully saturated rings. The highest BCUT2D eigenvalue weighted by molar-refractivity contribution is 7.98. The molecule has 0 spiro atoms. The molecule has 19 heavy (non-hydrogen) atoms. The zero-order chi connectivity index (χ0) is 13.8. The summed E-state index contributed by atoms with van der Waals surface area (Å²) in [7, 11) is 0. The highest BCUT2D eigenvalue weighted by Gasteiger charge is 2.05. The third-order valence-electron chi connectivity index (χ3n) is 2.74. The van der Waals surface area contributed by atoms with E-state index in [1.54, 1.807) is 24.8 Å². The fourth-order valence-electron chi connectivity index (χ4n) is 1.68. The van der Waals surface area contributed by atoms with Crippen LogP contribution in [0, 0.1) is 0 Å². The zero-order valence-corrected chi connectivity index (χ0v) is 12.8. The Morgan fingerprint density at radius 1 is 1.16 bits per heavy atom. The quantitative estimate of drug-likeness (QED) is 0.769. The molecule has 0 aliphatic carbocycles.